The predicted octanol–water partition coefficient (Wildman–Crippen LogP) is 4.52. The lowest BCUT2D eigenvalue weighted by Crippen LogP contribution is -2.15. The summed E-state index contributed by atoms with van der Waals surface area (Å²) in [6.45, 7) is 3.14. The molecule has 164 valence electrons. The number of imidazole rings is 1. The van der Waals surface area contributed by atoms with E-state index in [9.17, 15) is 0 Å². The van der Waals surface area contributed by atoms with E-state index in [1.807, 2.05) is 36.7 Å². The van der Waals surface area contributed by atoms with Crippen molar-refractivity contribution in [2.75, 3.05) is 47.6 Å². The van der Waals surface area contributed by atoms with Crippen molar-refractivity contribution in [1.29, 1.82) is 0 Å². The summed E-state index contributed by atoms with van der Waals surface area (Å²) in [6, 6.07) is 16.6. The molecule has 0 aliphatic carbocycles. The van der Waals surface area contributed by atoms with Crippen molar-refractivity contribution in [3.05, 3.63) is 54.9 Å². The Labute approximate surface area is 184 Å². The summed E-state index contributed by atoms with van der Waals surface area (Å²) < 4.78 is 19.6. The second-order valence-corrected chi connectivity index (χ2v) is 8.10. The summed E-state index contributed by atoms with van der Waals surface area (Å²) in [5.41, 5.74) is 4.06. The molecule has 0 amide bonds. The van der Waals surface area contributed by atoms with E-state index in [1.54, 1.807) is 7.11 Å². The maximum atomic E-state index is 6.24. The lowest BCUT2D eigenvalue weighted by Gasteiger charge is -2.18. The highest BCUT2D eigenvalue weighted by molar-refractivity contribution is 5.82. The van der Waals surface area contributed by atoms with E-state index in [4.69, 9.17) is 19.2 Å². The van der Waals surface area contributed by atoms with E-state index in [1.165, 1.54) is 0 Å². The first-order valence-corrected chi connectivity index (χ1v) is 10.8. The summed E-state index contributed by atoms with van der Waals surface area (Å²) in [5, 5.41) is 0. The second kappa shape index (κ2) is 9.98. The highest BCUT2D eigenvalue weighted by Crippen LogP contribution is 2.40. The van der Waals surface area contributed by atoms with Crippen LogP contribution in [0.2, 0.25) is 0 Å². The number of ether oxygens (including phenoxy) is 3. The third kappa shape index (κ3) is 4.92. The average molecular weight is 422 g/mol. The van der Waals surface area contributed by atoms with Crippen LogP contribution in [0.1, 0.15) is 18.9 Å². The molecule has 1 aromatic heterocycles. The molecule has 1 fully saturated rings. The average Bonchev–Trinajstić information content (AvgIpc) is 3.46. The number of benzene rings is 2. The lowest BCUT2D eigenvalue weighted by molar-refractivity contribution is 0.187. The van der Waals surface area contributed by atoms with Crippen molar-refractivity contribution < 1.29 is 14.2 Å². The first-order chi connectivity index (χ1) is 15.2. The van der Waals surface area contributed by atoms with E-state index < -0.39 is 0 Å². The third-order valence-corrected chi connectivity index (χ3v) is 5.59. The van der Waals surface area contributed by atoms with Crippen molar-refractivity contribution in [1.82, 2.24) is 14.5 Å². The van der Waals surface area contributed by atoms with E-state index in [0.29, 0.717) is 13.2 Å². The molecule has 0 bridgehead atoms. The molecule has 0 spiro atoms. The van der Waals surface area contributed by atoms with Crippen LogP contribution in [-0.4, -0.2) is 62.0 Å². The molecule has 3 aromatic rings. The molecule has 1 aliphatic heterocycles. The van der Waals surface area contributed by atoms with Gasteiger partial charge in [0.05, 0.1) is 44.1 Å². The van der Waals surface area contributed by atoms with Gasteiger partial charge in [0.1, 0.15) is 11.5 Å². The molecule has 2 heterocycles. The van der Waals surface area contributed by atoms with Crippen LogP contribution in [0.3, 0.4) is 0 Å². The van der Waals surface area contributed by atoms with Gasteiger partial charge in [0.15, 0.2) is 0 Å². The van der Waals surface area contributed by atoms with Crippen molar-refractivity contribution >= 4 is 0 Å². The summed E-state index contributed by atoms with van der Waals surface area (Å²) in [7, 11) is 5.85. The standard InChI is InChI=1S/C25H31N3O3/c1-27(2)13-7-14-31-23-11-5-4-10-22(23)25-24(19-8-6-9-21(16-19)29-3)26-18-28(25)20-12-15-30-17-20/h4-6,8-11,16,18,20H,7,12-15,17H2,1-3H3. The number of aromatic nitrogens is 2. The number of nitrogens with zero attached hydrogens (tertiary/aromatic N) is 3. The first kappa shape index (κ1) is 21.4. The largest absolute Gasteiger partial charge is 0.497 e. The van der Waals surface area contributed by atoms with E-state index >= 15 is 0 Å². The van der Waals surface area contributed by atoms with Crippen LogP contribution in [0, 0.1) is 0 Å². The van der Waals surface area contributed by atoms with Gasteiger partial charge in [0.25, 0.3) is 0 Å². The number of rotatable bonds is 9. The molecule has 6 nitrogen and oxygen atoms in total. The van der Waals surface area contributed by atoms with Gasteiger partial charge in [-0.1, -0.05) is 24.3 Å². The number of hydrogen-bond donors (Lipinski definition) is 0. The highest BCUT2D eigenvalue weighted by atomic mass is 16.5. The molecule has 31 heavy (non-hydrogen) atoms. The molecule has 1 unspecified atom stereocenters. The maximum absolute atomic E-state index is 6.24. The zero-order chi connectivity index (χ0) is 21.6. The lowest BCUT2D eigenvalue weighted by atomic mass is 10.0. The maximum Gasteiger partial charge on any atom is 0.128 e. The Balaban J connectivity index is 1.75. The van der Waals surface area contributed by atoms with Crippen LogP contribution in [-0.2, 0) is 4.74 Å². The smallest absolute Gasteiger partial charge is 0.128 e. The van der Waals surface area contributed by atoms with Gasteiger partial charge in [-0.2, -0.15) is 0 Å². The minimum Gasteiger partial charge on any atom is -0.497 e. The molecule has 0 saturated carbocycles. The number of hydrogen-bond acceptors (Lipinski definition) is 5. The summed E-state index contributed by atoms with van der Waals surface area (Å²) in [5.74, 6) is 1.70. The van der Waals surface area contributed by atoms with Gasteiger partial charge in [-0.3, -0.25) is 0 Å². The minimum atomic E-state index is 0.267. The fourth-order valence-corrected chi connectivity index (χ4v) is 3.98. The Morgan fingerprint density at radius 3 is 2.81 bits per heavy atom. The van der Waals surface area contributed by atoms with Crippen LogP contribution in [0.4, 0.5) is 0 Å². The molecule has 0 radical (unpaired) electrons. The topological polar surface area (TPSA) is 48.8 Å². The van der Waals surface area contributed by atoms with Gasteiger partial charge in [0, 0.05) is 24.3 Å². The predicted molar refractivity (Wildman–Crippen MR) is 123 cm³/mol. The summed E-state index contributed by atoms with van der Waals surface area (Å²) >= 11 is 0. The SMILES string of the molecule is COc1cccc(-c2ncn(C3CCOC3)c2-c2ccccc2OCCCN(C)C)c1. The Morgan fingerprint density at radius 1 is 1.16 bits per heavy atom. The molecular weight excluding hydrogens is 390 g/mol. The zero-order valence-electron chi connectivity index (χ0n) is 18.6. The Bertz CT molecular complexity index is 993. The van der Waals surface area contributed by atoms with Gasteiger partial charge in [0.2, 0.25) is 0 Å². The molecule has 2 aromatic carbocycles. The van der Waals surface area contributed by atoms with E-state index in [-0.39, 0.29) is 6.04 Å². The Kier molecular flexibility index (Phi) is 6.89. The monoisotopic (exact) mass is 421 g/mol. The van der Waals surface area contributed by atoms with Gasteiger partial charge in [-0.15, -0.1) is 0 Å². The molecule has 1 atom stereocenters. The normalized spacial score (nSPS) is 16.1. The molecule has 6 heteroatoms. The molecule has 4 rings (SSSR count). The first-order valence-electron chi connectivity index (χ1n) is 10.8. The fourth-order valence-electron chi connectivity index (χ4n) is 3.98. The van der Waals surface area contributed by atoms with Crippen LogP contribution in [0.5, 0.6) is 11.5 Å². The molecular formula is C25H31N3O3. The van der Waals surface area contributed by atoms with Crippen molar-refractivity contribution in [2.45, 2.75) is 18.9 Å². The second-order valence-electron chi connectivity index (χ2n) is 8.10. The van der Waals surface area contributed by atoms with Gasteiger partial charge >= 0.3 is 0 Å². The molecule has 1 aliphatic rings. The fraction of sp³-hybridized carbons (Fsp3) is 0.400. The van der Waals surface area contributed by atoms with Crippen LogP contribution >= 0.6 is 0 Å². The Morgan fingerprint density at radius 2 is 2.03 bits per heavy atom. The Hall–Kier alpha value is -2.83. The summed E-state index contributed by atoms with van der Waals surface area (Å²) in [4.78, 5) is 7.01. The highest BCUT2D eigenvalue weighted by Gasteiger charge is 2.25. The zero-order valence-corrected chi connectivity index (χ0v) is 18.6. The van der Waals surface area contributed by atoms with Gasteiger partial charge in [-0.25, -0.2) is 4.98 Å². The van der Waals surface area contributed by atoms with Crippen LogP contribution in [0.15, 0.2) is 54.9 Å². The van der Waals surface area contributed by atoms with Gasteiger partial charge < -0.3 is 23.7 Å². The quantitative estimate of drug-likeness (QED) is 0.476. The van der Waals surface area contributed by atoms with Crippen LogP contribution < -0.4 is 9.47 Å². The molecule has 1 saturated heterocycles. The third-order valence-electron chi connectivity index (χ3n) is 5.59. The number of methoxy groups -OCH3 is 1. The minimum absolute atomic E-state index is 0.267. The number of para-hydroxylation sites is 1. The van der Waals surface area contributed by atoms with Crippen molar-refractivity contribution in [2.24, 2.45) is 0 Å². The van der Waals surface area contributed by atoms with Crippen LogP contribution in [0.25, 0.3) is 22.5 Å². The van der Waals surface area contributed by atoms with Crippen molar-refractivity contribution in [3.8, 4) is 34.0 Å². The summed E-state index contributed by atoms with van der Waals surface area (Å²) in [6.07, 6.45) is 3.89. The van der Waals surface area contributed by atoms with E-state index in [0.717, 1.165) is 60.0 Å². The van der Waals surface area contributed by atoms with Gasteiger partial charge in [-0.05, 0) is 51.2 Å². The molecule has 0 N–H and O–H groups in total. The van der Waals surface area contributed by atoms with E-state index in [2.05, 4.69) is 41.8 Å². The van der Waals surface area contributed by atoms with Crippen molar-refractivity contribution in [3.63, 3.8) is 0 Å².